The number of hydrogen-bond acceptors (Lipinski definition) is 8. The molecule has 0 fully saturated rings. The van der Waals surface area contributed by atoms with Crippen LogP contribution in [0.5, 0.6) is 11.5 Å². The van der Waals surface area contributed by atoms with E-state index in [4.69, 9.17) is 9.47 Å². The number of benzene rings is 2. The lowest BCUT2D eigenvalue weighted by molar-refractivity contribution is -0.113. The first-order valence-corrected chi connectivity index (χ1v) is 10.6. The maximum atomic E-state index is 12.4. The fourth-order valence-electron chi connectivity index (χ4n) is 2.93. The Morgan fingerprint density at radius 2 is 1.97 bits per heavy atom. The molecule has 0 aliphatic rings. The van der Waals surface area contributed by atoms with Gasteiger partial charge in [-0.05, 0) is 31.2 Å². The minimum absolute atomic E-state index is 0.125. The number of thioether (sulfide) groups is 1. The van der Waals surface area contributed by atoms with Gasteiger partial charge in [0.05, 0.1) is 25.5 Å². The molecule has 11 heteroatoms. The van der Waals surface area contributed by atoms with Crippen LogP contribution in [0.1, 0.15) is 5.56 Å². The molecule has 10 nitrogen and oxygen atoms in total. The van der Waals surface area contributed by atoms with E-state index in [0.717, 1.165) is 11.3 Å². The smallest absolute Gasteiger partial charge is 0.249 e. The largest absolute Gasteiger partial charge is 0.497 e. The predicted octanol–water partition coefficient (Wildman–Crippen LogP) is 3.11. The molecule has 0 bridgehead atoms. The van der Waals surface area contributed by atoms with Gasteiger partial charge in [-0.2, -0.15) is 4.98 Å². The second-order valence-electron chi connectivity index (χ2n) is 6.73. The van der Waals surface area contributed by atoms with Crippen LogP contribution in [0.2, 0.25) is 0 Å². The lowest BCUT2D eigenvalue weighted by Gasteiger charge is -2.07. The van der Waals surface area contributed by atoms with Crippen molar-refractivity contribution in [1.82, 2.24) is 29.9 Å². The molecule has 32 heavy (non-hydrogen) atoms. The molecule has 0 spiro atoms. The summed E-state index contributed by atoms with van der Waals surface area (Å²) in [5.74, 6) is 1.73. The molecule has 0 radical (unpaired) electrons. The zero-order valence-electron chi connectivity index (χ0n) is 17.7. The van der Waals surface area contributed by atoms with E-state index in [1.54, 1.807) is 38.7 Å². The van der Waals surface area contributed by atoms with E-state index in [2.05, 4.69) is 30.7 Å². The summed E-state index contributed by atoms with van der Waals surface area (Å²) in [4.78, 5) is 16.8. The summed E-state index contributed by atoms with van der Waals surface area (Å²) in [6, 6.07) is 13.3. The number of nitrogens with zero attached hydrogens (tertiary/aromatic N) is 5. The highest BCUT2D eigenvalue weighted by Gasteiger charge is 2.15. The van der Waals surface area contributed by atoms with Crippen LogP contribution in [0.15, 0.2) is 53.9 Å². The number of anilines is 1. The first kappa shape index (κ1) is 21.4. The van der Waals surface area contributed by atoms with E-state index in [1.807, 2.05) is 35.8 Å². The second kappa shape index (κ2) is 9.52. The molecule has 4 aromatic rings. The summed E-state index contributed by atoms with van der Waals surface area (Å²) < 4.78 is 12.4. The van der Waals surface area contributed by atoms with Crippen LogP contribution in [0.25, 0.3) is 17.1 Å². The number of amides is 1. The number of nitrogens with one attached hydrogen (secondary N) is 2. The third kappa shape index (κ3) is 4.72. The summed E-state index contributed by atoms with van der Waals surface area (Å²) in [5.41, 5.74) is 2.78. The van der Waals surface area contributed by atoms with Crippen molar-refractivity contribution < 1.29 is 14.3 Å². The molecule has 1 amide bonds. The van der Waals surface area contributed by atoms with E-state index >= 15 is 0 Å². The molecule has 164 valence electrons. The number of carbonyl (C=O) groups is 1. The van der Waals surface area contributed by atoms with Gasteiger partial charge < -0.3 is 9.47 Å². The normalized spacial score (nSPS) is 10.7. The maximum absolute atomic E-state index is 12.4. The molecule has 4 rings (SSSR count). The van der Waals surface area contributed by atoms with Gasteiger partial charge in [0.15, 0.2) is 11.0 Å². The van der Waals surface area contributed by atoms with Crippen molar-refractivity contribution in [2.45, 2.75) is 12.1 Å². The Morgan fingerprint density at radius 1 is 1.16 bits per heavy atom. The van der Waals surface area contributed by atoms with Gasteiger partial charge in [0, 0.05) is 11.8 Å². The zero-order valence-corrected chi connectivity index (χ0v) is 18.5. The van der Waals surface area contributed by atoms with Crippen LogP contribution >= 0.6 is 11.8 Å². The van der Waals surface area contributed by atoms with Crippen molar-refractivity contribution in [1.29, 1.82) is 0 Å². The number of rotatable bonds is 8. The quantitative estimate of drug-likeness (QED) is 0.392. The highest BCUT2D eigenvalue weighted by molar-refractivity contribution is 7.99. The van der Waals surface area contributed by atoms with Crippen molar-refractivity contribution in [3.05, 3.63) is 54.4 Å². The Hall–Kier alpha value is -3.86. The van der Waals surface area contributed by atoms with E-state index < -0.39 is 0 Å². The molecule has 2 aromatic carbocycles. The number of ether oxygens (including phenoxy) is 2. The molecule has 2 heterocycles. The van der Waals surface area contributed by atoms with Gasteiger partial charge >= 0.3 is 0 Å². The van der Waals surface area contributed by atoms with Gasteiger partial charge in [-0.1, -0.05) is 29.5 Å². The van der Waals surface area contributed by atoms with Crippen LogP contribution < -0.4 is 14.8 Å². The van der Waals surface area contributed by atoms with Crippen LogP contribution in [-0.2, 0) is 4.79 Å². The van der Waals surface area contributed by atoms with Crippen molar-refractivity contribution in [3.8, 4) is 28.6 Å². The first-order valence-electron chi connectivity index (χ1n) is 9.62. The Balaban J connectivity index is 1.40. The first-order chi connectivity index (χ1) is 15.6. The molecule has 0 saturated carbocycles. The molecule has 0 aliphatic carbocycles. The van der Waals surface area contributed by atoms with Gasteiger partial charge in [0.2, 0.25) is 11.9 Å². The number of methoxy groups -OCH3 is 2. The highest BCUT2D eigenvalue weighted by atomic mass is 32.2. The number of carbonyl (C=O) groups excluding carboxylic acids is 1. The second-order valence-corrected chi connectivity index (χ2v) is 7.67. The van der Waals surface area contributed by atoms with Gasteiger partial charge in [-0.15, -0.1) is 15.3 Å². The summed E-state index contributed by atoms with van der Waals surface area (Å²) >= 11 is 1.27. The van der Waals surface area contributed by atoms with Crippen molar-refractivity contribution in [3.63, 3.8) is 0 Å². The van der Waals surface area contributed by atoms with Crippen molar-refractivity contribution >= 4 is 23.6 Å². The number of aromatic amines is 1. The Kier molecular flexibility index (Phi) is 6.36. The molecular formula is C21H21N7O3S. The fourth-order valence-corrected chi connectivity index (χ4v) is 3.66. The predicted molar refractivity (Wildman–Crippen MR) is 120 cm³/mol. The van der Waals surface area contributed by atoms with Crippen molar-refractivity contribution in [2.24, 2.45) is 0 Å². The van der Waals surface area contributed by atoms with Crippen LogP contribution in [-0.4, -0.2) is 55.8 Å². The van der Waals surface area contributed by atoms with Crippen LogP contribution in [0.4, 0.5) is 5.95 Å². The van der Waals surface area contributed by atoms with Crippen LogP contribution in [0, 0.1) is 6.92 Å². The van der Waals surface area contributed by atoms with E-state index in [-0.39, 0.29) is 17.6 Å². The zero-order chi connectivity index (χ0) is 22.5. The standard InChI is InChI=1S/C21H21N7O3S/c1-13-4-6-14(7-5-13)28-12-22-27-21(28)32-11-18(29)23-20-24-19(25-26-20)16-9-8-15(30-2)10-17(16)31-3/h4-10,12H,11H2,1-3H3,(H2,23,24,25,26,29). The number of H-pyrrole nitrogens is 1. The lowest BCUT2D eigenvalue weighted by atomic mass is 10.2. The molecule has 0 aliphatic heterocycles. The Morgan fingerprint density at radius 3 is 2.72 bits per heavy atom. The Bertz CT molecular complexity index is 1220. The maximum Gasteiger partial charge on any atom is 0.249 e. The molecule has 0 unspecified atom stereocenters. The third-order valence-corrected chi connectivity index (χ3v) is 5.50. The summed E-state index contributed by atoms with van der Waals surface area (Å²) in [5, 5.41) is 18.2. The highest BCUT2D eigenvalue weighted by Crippen LogP contribution is 2.31. The Labute approximate surface area is 188 Å². The lowest BCUT2D eigenvalue weighted by Crippen LogP contribution is -2.15. The van der Waals surface area contributed by atoms with Gasteiger partial charge in [0.25, 0.3) is 0 Å². The SMILES string of the molecule is COc1ccc(-c2nc(NC(=O)CSc3nncn3-c3ccc(C)cc3)n[nH]2)c(OC)c1. The summed E-state index contributed by atoms with van der Waals surface area (Å²) in [6.07, 6.45) is 1.62. The van der Waals surface area contributed by atoms with E-state index in [0.29, 0.717) is 28.0 Å². The average molecular weight is 452 g/mol. The molecule has 0 atom stereocenters. The van der Waals surface area contributed by atoms with E-state index in [9.17, 15) is 4.79 Å². The molecule has 0 saturated heterocycles. The number of aromatic nitrogens is 6. The topological polar surface area (TPSA) is 120 Å². The van der Waals surface area contributed by atoms with E-state index in [1.165, 1.54) is 11.8 Å². The third-order valence-electron chi connectivity index (χ3n) is 4.56. The van der Waals surface area contributed by atoms with Gasteiger partial charge in [0.1, 0.15) is 17.8 Å². The van der Waals surface area contributed by atoms with Gasteiger partial charge in [-0.25, -0.2) is 0 Å². The average Bonchev–Trinajstić information content (AvgIpc) is 3.47. The summed E-state index contributed by atoms with van der Waals surface area (Å²) in [7, 11) is 3.14. The minimum Gasteiger partial charge on any atom is -0.497 e. The number of hydrogen-bond donors (Lipinski definition) is 2. The minimum atomic E-state index is -0.263. The molecular weight excluding hydrogens is 430 g/mol. The monoisotopic (exact) mass is 451 g/mol. The van der Waals surface area contributed by atoms with Crippen LogP contribution in [0.3, 0.4) is 0 Å². The molecule has 2 aromatic heterocycles. The molecule has 2 N–H and O–H groups in total. The summed E-state index contributed by atoms with van der Waals surface area (Å²) in [6.45, 7) is 2.02. The number of aryl methyl sites for hydroxylation is 1. The fraction of sp³-hybridized carbons (Fsp3) is 0.190. The van der Waals surface area contributed by atoms with Crippen molar-refractivity contribution in [2.75, 3.05) is 25.3 Å². The van der Waals surface area contributed by atoms with Gasteiger partial charge in [-0.3, -0.25) is 19.8 Å².